The van der Waals surface area contributed by atoms with Crippen molar-refractivity contribution in [2.45, 2.75) is 6.92 Å². The number of aromatic amines is 1. The summed E-state index contributed by atoms with van der Waals surface area (Å²) in [5, 5.41) is 1.11. The summed E-state index contributed by atoms with van der Waals surface area (Å²) in [7, 11) is 0. The van der Waals surface area contributed by atoms with Crippen LogP contribution in [0.2, 0.25) is 5.02 Å². The smallest absolute Gasteiger partial charge is 0.152 e. The largest absolute Gasteiger partial charge is 0.354 e. The third-order valence-electron chi connectivity index (χ3n) is 3.43. The molecule has 0 bridgehead atoms. The number of hydrogen-bond donors (Lipinski definition) is 1. The molecule has 0 saturated carbocycles. The van der Waals surface area contributed by atoms with Crippen LogP contribution in [0.25, 0.3) is 22.2 Å². The first kappa shape index (κ1) is 13.8. The van der Waals surface area contributed by atoms with Crippen LogP contribution in [-0.2, 0) is 0 Å². The number of nitrogens with one attached hydrogen (secondary N) is 1. The number of aldehydes is 1. The van der Waals surface area contributed by atoms with Crippen LogP contribution in [0.3, 0.4) is 0 Å². The molecular formula is C16H10ClF2NO. The zero-order valence-corrected chi connectivity index (χ0v) is 11.8. The molecule has 3 aromatic rings. The summed E-state index contributed by atoms with van der Waals surface area (Å²) in [5.74, 6) is -1.40. The number of halogens is 3. The van der Waals surface area contributed by atoms with Crippen LogP contribution in [0.5, 0.6) is 0 Å². The van der Waals surface area contributed by atoms with Crippen molar-refractivity contribution in [3.05, 3.63) is 58.1 Å². The van der Waals surface area contributed by atoms with Gasteiger partial charge < -0.3 is 4.98 Å². The van der Waals surface area contributed by atoms with Crippen molar-refractivity contribution in [1.82, 2.24) is 4.98 Å². The van der Waals surface area contributed by atoms with Crippen LogP contribution < -0.4 is 0 Å². The van der Waals surface area contributed by atoms with Crippen molar-refractivity contribution in [1.29, 1.82) is 0 Å². The number of H-pyrrole nitrogens is 1. The van der Waals surface area contributed by atoms with E-state index in [0.717, 1.165) is 17.7 Å². The Bertz CT molecular complexity index is 870. The van der Waals surface area contributed by atoms with E-state index in [2.05, 4.69) is 4.98 Å². The topological polar surface area (TPSA) is 32.9 Å². The Balaban J connectivity index is 2.37. The molecule has 0 unspecified atom stereocenters. The molecule has 5 heteroatoms. The van der Waals surface area contributed by atoms with Gasteiger partial charge in [-0.15, -0.1) is 0 Å². The number of fused-ring (bicyclic) bond motifs is 1. The molecule has 0 radical (unpaired) electrons. The van der Waals surface area contributed by atoms with Gasteiger partial charge in [-0.3, -0.25) is 4.79 Å². The highest BCUT2D eigenvalue weighted by Gasteiger charge is 2.17. The molecule has 21 heavy (non-hydrogen) atoms. The van der Waals surface area contributed by atoms with Gasteiger partial charge in [0.2, 0.25) is 0 Å². The first-order valence-electron chi connectivity index (χ1n) is 6.23. The number of carbonyl (C=O) groups excluding carboxylic acids is 1. The fourth-order valence-electron chi connectivity index (χ4n) is 2.48. The molecule has 0 fully saturated rings. The second-order valence-electron chi connectivity index (χ2n) is 4.80. The Hall–Kier alpha value is -2.20. The van der Waals surface area contributed by atoms with Crippen LogP contribution >= 0.6 is 11.6 Å². The molecular weight excluding hydrogens is 296 g/mol. The van der Waals surface area contributed by atoms with Crippen LogP contribution in [-0.4, -0.2) is 11.3 Å². The van der Waals surface area contributed by atoms with Crippen molar-refractivity contribution in [3.8, 4) is 11.3 Å². The molecule has 0 amide bonds. The first-order chi connectivity index (χ1) is 10.0. The number of carbonyl (C=O) groups is 1. The van der Waals surface area contributed by atoms with Gasteiger partial charge in [0.05, 0.1) is 5.69 Å². The molecule has 1 heterocycles. The Morgan fingerprint density at radius 1 is 1.19 bits per heavy atom. The highest BCUT2D eigenvalue weighted by Crippen LogP contribution is 2.34. The molecule has 2 nitrogen and oxygen atoms in total. The lowest BCUT2D eigenvalue weighted by Gasteiger charge is -2.02. The highest BCUT2D eigenvalue weighted by atomic mass is 35.5. The average Bonchev–Trinajstić information content (AvgIpc) is 2.77. The van der Waals surface area contributed by atoms with E-state index >= 15 is 0 Å². The van der Waals surface area contributed by atoms with Crippen molar-refractivity contribution >= 4 is 28.8 Å². The van der Waals surface area contributed by atoms with E-state index in [0.29, 0.717) is 33.5 Å². The van der Waals surface area contributed by atoms with E-state index in [4.69, 9.17) is 11.6 Å². The third-order valence-corrected chi connectivity index (χ3v) is 3.65. The SMILES string of the molecule is Cc1cc(Cl)cc2c(C=O)c(-c3ccc(F)cc3F)[nH]c12. The number of aromatic nitrogens is 1. The molecule has 0 aliphatic rings. The Kier molecular flexibility index (Phi) is 3.26. The Morgan fingerprint density at radius 2 is 1.95 bits per heavy atom. The van der Waals surface area contributed by atoms with E-state index < -0.39 is 11.6 Å². The zero-order chi connectivity index (χ0) is 15.1. The Labute approximate surface area is 124 Å². The third kappa shape index (κ3) is 2.21. The van der Waals surface area contributed by atoms with Gasteiger partial charge in [0.1, 0.15) is 11.6 Å². The van der Waals surface area contributed by atoms with Crippen LogP contribution in [0, 0.1) is 18.6 Å². The molecule has 0 aliphatic carbocycles. The van der Waals surface area contributed by atoms with Gasteiger partial charge in [0.25, 0.3) is 0 Å². The number of aryl methyl sites for hydroxylation is 1. The molecule has 106 valence electrons. The lowest BCUT2D eigenvalue weighted by molar-refractivity contribution is 0.112. The minimum Gasteiger partial charge on any atom is -0.354 e. The van der Waals surface area contributed by atoms with Crippen molar-refractivity contribution in [2.24, 2.45) is 0 Å². The van der Waals surface area contributed by atoms with Gasteiger partial charge >= 0.3 is 0 Å². The van der Waals surface area contributed by atoms with Gasteiger partial charge in [0, 0.05) is 33.1 Å². The molecule has 0 atom stereocenters. The van der Waals surface area contributed by atoms with E-state index in [1.165, 1.54) is 6.07 Å². The number of rotatable bonds is 2. The molecule has 1 N–H and O–H groups in total. The summed E-state index contributed by atoms with van der Waals surface area (Å²) >= 11 is 6.01. The van der Waals surface area contributed by atoms with Gasteiger partial charge in [-0.2, -0.15) is 0 Å². The van der Waals surface area contributed by atoms with Gasteiger partial charge in [0.15, 0.2) is 6.29 Å². The van der Waals surface area contributed by atoms with Gasteiger partial charge in [-0.1, -0.05) is 11.6 Å². The van der Waals surface area contributed by atoms with Crippen LogP contribution in [0.4, 0.5) is 8.78 Å². The van der Waals surface area contributed by atoms with Crippen LogP contribution in [0.1, 0.15) is 15.9 Å². The molecule has 2 aromatic carbocycles. The second-order valence-corrected chi connectivity index (χ2v) is 5.24. The maximum Gasteiger partial charge on any atom is 0.152 e. The van der Waals surface area contributed by atoms with Crippen molar-refractivity contribution < 1.29 is 13.6 Å². The first-order valence-corrected chi connectivity index (χ1v) is 6.61. The predicted molar refractivity (Wildman–Crippen MR) is 78.8 cm³/mol. The Morgan fingerprint density at radius 3 is 2.62 bits per heavy atom. The van der Waals surface area contributed by atoms with Crippen molar-refractivity contribution in [2.75, 3.05) is 0 Å². The maximum atomic E-state index is 14.0. The monoisotopic (exact) mass is 305 g/mol. The normalized spacial score (nSPS) is 11.0. The molecule has 3 rings (SSSR count). The van der Waals surface area contributed by atoms with Gasteiger partial charge in [-0.25, -0.2) is 8.78 Å². The van der Waals surface area contributed by atoms with E-state index in [9.17, 15) is 13.6 Å². The lowest BCUT2D eigenvalue weighted by atomic mass is 10.0. The van der Waals surface area contributed by atoms with Gasteiger partial charge in [-0.05, 0) is 36.8 Å². The second kappa shape index (κ2) is 4.97. The number of hydrogen-bond acceptors (Lipinski definition) is 1. The summed E-state index contributed by atoms with van der Waals surface area (Å²) in [4.78, 5) is 14.5. The standard InChI is InChI=1S/C16H10ClF2NO/c1-8-4-9(17)5-12-13(7-21)16(20-15(8)12)11-3-2-10(18)6-14(11)19/h2-7,20H,1H3. The molecule has 0 aliphatic heterocycles. The number of benzene rings is 2. The summed E-state index contributed by atoms with van der Waals surface area (Å²) in [6.07, 6.45) is 0.646. The van der Waals surface area contributed by atoms with Crippen LogP contribution in [0.15, 0.2) is 30.3 Å². The molecule has 1 aromatic heterocycles. The zero-order valence-electron chi connectivity index (χ0n) is 11.0. The lowest BCUT2D eigenvalue weighted by Crippen LogP contribution is -1.90. The predicted octanol–water partition coefficient (Wildman–Crippen LogP) is 4.89. The minimum absolute atomic E-state index is 0.144. The van der Waals surface area contributed by atoms with Crippen molar-refractivity contribution in [3.63, 3.8) is 0 Å². The minimum atomic E-state index is -0.728. The fourth-order valence-corrected chi connectivity index (χ4v) is 2.75. The fraction of sp³-hybridized carbons (Fsp3) is 0.0625. The average molecular weight is 306 g/mol. The van der Waals surface area contributed by atoms with E-state index in [1.807, 2.05) is 6.92 Å². The maximum absolute atomic E-state index is 14.0. The summed E-state index contributed by atoms with van der Waals surface area (Å²) < 4.78 is 27.0. The summed E-state index contributed by atoms with van der Waals surface area (Å²) in [6, 6.07) is 6.64. The molecule has 0 saturated heterocycles. The van der Waals surface area contributed by atoms with E-state index in [-0.39, 0.29) is 5.56 Å². The quantitative estimate of drug-likeness (QED) is 0.672. The van der Waals surface area contributed by atoms with E-state index in [1.54, 1.807) is 12.1 Å². The summed E-state index contributed by atoms with van der Waals surface area (Å²) in [5.41, 5.74) is 2.32. The highest BCUT2D eigenvalue weighted by molar-refractivity contribution is 6.31. The molecule has 0 spiro atoms. The summed E-state index contributed by atoms with van der Waals surface area (Å²) in [6.45, 7) is 1.84.